The van der Waals surface area contributed by atoms with Crippen LogP contribution in [0.15, 0.2) is 23.6 Å². The van der Waals surface area contributed by atoms with Gasteiger partial charge in [-0.15, -0.1) is 11.3 Å². The van der Waals surface area contributed by atoms with Crippen molar-refractivity contribution in [3.05, 3.63) is 45.0 Å². The Hall–Kier alpha value is -2.52. The molecule has 2 fully saturated rings. The number of hydrogen-bond acceptors (Lipinski definition) is 7. The second-order valence-corrected chi connectivity index (χ2v) is 9.42. The molecule has 0 atom stereocenters. The molecule has 0 bridgehead atoms. The predicted octanol–water partition coefficient (Wildman–Crippen LogP) is 4.53. The summed E-state index contributed by atoms with van der Waals surface area (Å²) >= 11 is 1.40. The van der Waals surface area contributed by atoms with Crippen LogP contribution in [0.4, 0.5) is 16.5 Å². The summed E-state index contributed by atoms with van der Waals surface area (Å²) < 4.78 is 0. The summed E-state index contributed by atoms with van der Waals surface area (Å²) in [5.74, 6) is 0.302. The molecule has 2 aliphatic rings. The van der Waals surface area contributed by atoms with E-state index in [1.165, 1.54) is 42.7 Å². The standard InChI is InChI=1S/C22H29N5O3S/c1-16-7-11-26(12-8-16)20-6-5-18(27(29)30)13-19(20)21(28)24-22-23-17(15-31-22)14-25-9-3-2-4-10-25/h5-6,13,15-16H,2-4,7-12,14H2,1H3,(H,23,24,28). The highest BCUT2D eigenvalue weighted by Crippen LogP contribution is 2.30. The second kappa shape index (κ2) is 9.74. The molecule has 2 aromatic rings. The molecule has 8 nitrogen and oxygen atoms in total. The molecule has 0 spiro atoms. The predicted molar refractivity (Wildman–Crippen MR) is 123 cm³/mol. The Balaban J connectivity index is 1.50. The number of hydrogen-bond donors (Lipinski definition) is 1. The van der Waals surface area contributed by atoms with Gasteiger partial charge in [0.2, 0.25) is 0 Å². The Labute approximate surface area is 186 Å². The van der Waals surface area contributed by atoms with Gasteiger partial charge >= 0.3 is 0 Å². The SMILES string of the molecule is CC1CCN(c2ccc([N+](=O)[O-])cc2C(=O)Nc2nc(CN3CCCCC3)cs2)CC1. The Morgan fingerprint density at radius 1 is 1.23 bits per heavy atom. The van der Waals surface area contributed by atoms with Crippen LogP contribution in [0.1, 0.15) is 55.1 Å². The minimum absolute atomic E-state index is 0.0794. The molecule has 1 N–H and O–H groups in total. The van der Waals surface area contributed by atoms with Crippen LogP contribution in [0.25, 0.3) is 0 Å². The number of nitro benzene ring substituents is 1. The van der Waals surface area contributed by atoms with Crippen LogP contribution >= 0.6 is 11.3 Å². The van der Waals surface area contributed by atoms with E-state index in [2.05, 4.69) is 27.0 Å². The highest BCUT2D eigenvalue weighted by molar-refractivity contribution is 7.14. The number of carbonyl (C=O) groups excluding carboxylic acids is 1. The first-order valence-corrected chi connectivity index (χ1v) is 11.9. The Bertz CT molecular complexity index is 933. The molecule has 166 valence electrons. The molecular formula is C22H29N5O3S. The molecule has 0 radical (unpaired) electrons. The molecule has 2 saturated heterocycles. The van der Waals surface area contributed by atoms with Crippen molar-refractivity contribution in [1.82, 2.24) is 9.88 Å². The zero-order valence-electron chi connectivity index (χ0n) is 17.9. The number of thiazole rings is 1. The van der Waals surface area contributed by atoms with Crippen molar-refractivity contribution in [3.8, 4) is 0 Å². The van der Waals surface area contributed by atoms with Crippen LogP contribution in [0.2, 0.25) is 0 Å². The molecule has 0 unspecified atom stereocenters. The number of piperidine rings is 2. The van der Waals surface area contributed by atoms with Crippen molar-refractivity contribution in [3.63, 3.8) is 0 Å². The van der Waals surface area contributed by atoms with E-state index < -0.39 is 4.92 Å². The van der Waals surface area contributed by atoms with Gasteiger partial charge in [0.1, 0.15) is 0 Å². The van der Waals surface area contributed by atoms with Gasteiger partial charge in [-0.05, 0) is 50.8 Å². The Morgan fingerprint density at radius 2 is 1.97 bits per heavy atom. The molecule has 31 heavy (non-hydrogen) atoms. The maximum atomic E-state index is 13.1. The van der Waals surface area contributed by atoms with Gasteiger partial charge in [0.15, 0.2) is 5.13 Å². The minimum atomic E-state index is -0.459. The summed E-state index contributed by atoms with van der Waals surface area (Å²) in [7, 11) is 0. The number of carbonyl (C=O) groups is 1. The number of rotatable bonds is 6. The summed E-state index contributed by atoms with van der Waals surface area (Å²) in [6.07, 6.45) is 5.82. The zero-order valence-corrected chi connectivity index (χ0v) is 18.7. The topological polar surface area (TPSA) is 91.6 Å². The van der Waals surface area contributed by atoms with Gasteiger partial charge in [-0.2, -0.15) is 0 Å². The van der Waals surface area contributed by atoms with E-state index in [9.17, 15) is 14.9 Å². The first-order valence-electron chi connectivity index (χ1n) is 11.0. The summed E-state index contributed by atoms with van der Waals surface area (Å²) in [5.41, 5.74) is 1.95. The van der Waals surface area contributed by atoms with Gasteiger partial charge < -0.3 is 4.90 Å². The van der Waals surface area contributed by atoms with Gasteiger partial charge in [0.05, 0.1) is 21.9 Å². The fourth-order valence-corrected chi connectivity index (χ4v) is 4.99. The summed E-state index contributed by atoms with van der Waals surface area (Å²) in [6, 6.07) is 4.56. The molecule has 1 amide bonds. The van der Waals surface area contributed by atoms with E-state index in [-0.39, 0.29) is 11.6 Å². The van der Waals surface area contributed by atoms with E-state index >= 15 is 0 Å². The molecule has 1 aromatic heterocycles. The van der Waals surface area contributed by atoms with Crippen LogP contribution in [0, 0.1) is 16.0 Å². The molecule has 0 saturated carbocycles. The number of aromatic nitrogens is 1. The molecule has 2 aliphatic heterocycles. The van der Waals surface area contributed by atoms with Crippen molar-refractivity contribution in [2.24, 2.45) is 5.92 Å². The van der Waals surface area contributed by atoms with Crippen molar-refractivity contribution in [2.45, 2.75) is 45.6 Å². The minimum Gasteiger partial charge on any atom is -0.371 e. The normalized spacial score (nSPS) is 18.2. The molecule has 1 aromatic carbocycles. The van der Waals surface area contributed by atoms with Gasteiger partial charge in [-0.3, -0.25) is 25.1 Å². The average molecular weight is 444 g/mol. The molecule has 4 rings (SSSR count). The highest BCUT2D eigenvalue weighted by atomic mass is 32.1. The van der Waals surface area contributed by atoms with E-state index in [0.29, 0.717) is 16.6 Å². The van der Waals surface area contributed by atoms with Crippen LogP contribution in [0.5, 0.6) is 0 Å². The van der Waals surface area contributed by atoms with Crippen molar-refractivity contribution >= 4 is 33.8 Å². The molecule has 3 heterocycles. The van der Waals surface area contributed by atoms with Crippen molar-refractivity contribution in [1.29, 1.82) is 0 Å². The van der Waals surface area contributed by atoms with Gasteiger partial charge in [-0.1, -0.05) is 13.3 Å². The van der Waals surface area contributed by atoms with Gasteiger partial charge in [-0.25, -0.2) is 4.98 Å². The summed E-state index contributed by atoms with van der Waals surface area (Å²) in [4.78, 5) is 33.1. The Morgan fingerprint density at radius 3 is 2.68 bits per heavy atom. The number of amides is 1. The molecular weight excluding hydrogens is 414 g/mol. The van der Waals surface area contributed by atoms with Crippen LogP contribution < -0.4 is 10.2 Å². The first-order chi connectivity index (χ1) is 15.0. The van der Waals surface area contributed by atoms with E-state index in [0.717, 1.165) is 56.9 Å². The third kappa shape index (κ3) is 5.40. The maximum absolute atomic E-state index is 13.1. The fraction of sp³-hybridized carbons (Fsp3) is 0.545. The fourth-order valence-electron chi connectivity index (χ4n) is 4.29. The lowest BCUT2D eigenvalue weighted by molar-refractivity contribution is -0.384. The van der Waals surface area contributed by atoms with Crippen molar-refractivity contribution < 1.29 is 9.72 Å². The van der Waals surface area contributed by atoms with Crippen LogP contribution in [-0.2, 0) is 6.54 Å². The lowest BCUT2D eigenvalue weighted by atomic mass is 9.98. The number of non-ortho nitro benzene ring substituents is 1. The summed E-state index contributed by atoms with van der Waals surface area (Å²) in [5, 5.41) is 16.7. The number of anilines is 2. The average Bonchev–Trinajstić information content (AvgIpc) is 3.21. The van der Waals surface area contributed by atoms with Crippen LogP contribution in [-0.4, -0.2) is 46.9 Å². The summed E-state index contributed by atoms with van der Waals surface area (Å²) in [6.45, 7) is 6.88. The quantitative estimate of drug-likeness (QED) is 0.521. The van der Waals surface area contributed by atoms with Crippen LogP contribution in [0.3, 0.4) is 0 Å². The lowest BCUT2D eigenvalue weighted by Gasteiger charge is -2.33. The largest absolute Gasteiger partial charge is 0.371 e. The lowest BCUT2D eigenvalue weighted by Crippen LogP contribution is -2.34. The maximum Gasteiger partial charge on any atom is 0.270 e. The third-order valence-corrected chi connectivity index (χ3v) is 6.97. The number of nitrogens with zero attached hydrogens (tertiary/aromatic N) is 4. The van der Waals surface area contributed by atoms with E-state index in [4.69, 9.17) is 0 Å². The number of nitro groups is 1. The molecule has 9 heteroatoms. The smallest absolute Gasteiger partial charge is 0.270 e. The number of likely N-dealkylation sites (tertiary alicyclic amines) is 1. The third-order valence-electron chi connectivity index (χ3n) is 6.17. The highest BCUT2D eigenvalue weighted by Gasteiger charge is 2.24. The van der Waals surface area contributed by atoms with E-state index in [1.54, 1.807) is 6.07 Å². The monoisotopic (exact) mass is 443 g/mol. The Kier molecular flexibility index (Phi) is 6.82. The second-order valence-electron chi connectivity index (χ2n) is 8.56. The molecule has 0 aliphatic carbocycles. The first kappa shape index (κ1) is 21.7. The van der Waals surface area contributed by atoms with Gasteiger partial charge in [0, 0.05) is 37.1 Å². The number of nitrogens with one attached hydrogen (secondary N) is 1. The zero-order chi connectivity index (χ0) is 21.8. The number of benzene rings is 1. The van der Waals surface area contributed by atoms with Crippen molar-refractivity contribution in [2.75, 3.05) is 36.4 Å². The van der Waals surface area contributed by atoms with E-state index in [1.807, 2.05) is 5.38 Å². The van der Waals surface area contributed by atoms with Gasteiger partial charge in [0.25, 0.3) is 11.6 Å².